The molecule has 4 N–H and O–H groups in total. The van der Waals surface area contributed by atoms with E-state index in [4.69, 9.17) is 10.8 Å². The summed E-state index contributed by atoms with van der Waals surface area (Å²) in [6.45, 7) is 0.675. The third-order valence-corrected chi connectivity index (χ3v) is 1.50. The summed E-state index contributed by atoms with van der Waals surface area (Å²) in [5.41, 5.74) is 4.93. The highest BCUT2D eigenvalue weighted by atomic mass is 35.5. The Hall–Kier alpha value is -0.320. The molecule has 0 aromatic rings. The minimum absolute atomic E-state index is 0. The lowest BCUT2D eigenvalue weighted by molar-refractivity contribution is -0.121. The number of halogens is 1. The first-order valence-electron chi connectivity index (χ1n) is 2.92. The topological polar surface area (TPSA) is 75.4 Å². The molecule has 0 spiro atoms. The number of rotatable bonds is 1. The molecule has 0 bridgehead atoms. The lowest BCUT2D eigenvalue weighted by Crippen LogP contribution is -2.42. The Balaban J connectivity index is 0.000000810. The third kappa shape index (κ3) is 1.83. The molecule has 1 amide bonds. The van der Waals surface area contributed by atoms with Crippen molar-refractivity contribution in [1.82, 2.24) is 5.32 Å². The van der Waals surface area contributed by atoms with E-state index in [-0.39, 0.29) is 12.4 Å². The summed E-state index contributed by atoms with van der Waals surface area (Å²) in [5, 5.41) is 11.8. The van der Waals surface area contributed by atoms with Gasteiger partial charge in [0.25, 0.3) is 0 Å². The summed E-state index contributed by atoms with van der Waals surface area (Å²) in [7, 11) is 0. The smallest absolute Gasteiger partial charge is 0.237 e. The molecule has 1 heterocycles. The fraction of sp³-hybridized carbons (Fsp3) is 0.800. The largest absolute Gasteiger partial charge is 0.391 e. The minimum Gasteiger partial charge on any atom is -0.391 e. The van der Waals surface area contributed by atoms with Crippen molar-refractivity contribution in [2.24, 2.45) is 5.73 Å². The van der Waals surface area contributed by atoms with Crippen molar-refractivity contribution in [3.8, 4) is 0 Å². The van der Waals surface area contributed by atoms with E-state index in [0.717, 1.165) is 0 Å². The number of carbonyl (C=O) groups is 1. The molecular formula is C5H11ClN2O2. The van der Waals surface area contributed by atoms with Crippen LogP contribution in [-0.4, -0.2) is 29.7 Å². The maximum absolute atomic E-state index is 10.4. The standard InChI is InChI=1S/C5H10N2O2.ClH/c6-5(9)4-3(8)1-2-7-4;/h3-4,7-8H,1-2H2,(H2,6,9);1H. The molecule has 10 heavy (non-hydrogen) atoms. The maximum atomic E-state index is 10.4. The number of primary amides is 1. The average molecular weight is 167 g/mol. The van der Waals surface area contributed by atoms with E-state index in [9.17, 15) is 4.79 Å². The molecule has 1 aliphatic rings. The van der Waals surface area contributed by atoms with Crippen molar-refractivity contribution in [3.63, 3.8) is 0 Å². The zero-order chi connectivity index (χ0) is 6.85. The van der Waals surface area contributed by atoms with Crippen LogP contribution in [0.2, 0.25) is 0 Å². The van der Waals surface area contributed by atoms with Gasteiger partial charge in [0.15, 0.2) is 0 Å². The third-order valence-electron chi connectivity index (χ3n) is 1.50. The Kier molecular flexibility index (Phi) is 3.63. The van der Waals surface area contributed by atoms with Gasteiger partial charge in [-0.1, -0.05) is 0 Å². The Morgan fingerprint density at radius 3 is 2.50 bits per heavy atom. The number of aliphatic hydroxyl groups is 1. The van der Waals surface area contributed by atoms with Crippen LogP contribution >= 0.6 is 12.4 Å². The van der Waals surface area contributed by atoms with Gasteiger partial charge in [-0.2, -0.15) is 0 Å². The summed E-state index contributed by atoms with van der Waals surface area (Å²) in [6.07, 6.45) is 0.0376. The molecule has 0 aromatic heterocycles. The second-order valence-electron chi connectivity index (χ2n) is 2.19. The monoisotopic (exact) mass is 166 g/mol. The van der Waals surface area contributed by atoms with Crippen LogP contribution in [0.1, 0.15) is 6.42 Å². The highest BCUT2D eigenvalue weighted by Crippen LogP contribution is 2.04. The summed E-state index contributed by atoms with van der Waals surface area (Å²) in [5.74, 6) is -0.472. The molecule has 5 heteroatoms. The number of nitrogens with two attached hydrogens (primary N) is 1. The normalized spacial score (nSPS) is 31.3. The molecule has 1 saturated heterocycles. The number of amides is 1. The number of hydrogen-bond acceptors (Lipinski definition) is 3. The van der Waals surface area contributed by atoms with E-state index < -0.39 is 18.1 Å². The molecule has 2 unspecified atom stereocenters. The Bertz CT molecular complexity index is 131. The molecule has 4 nitrogen and oxygen atoms in total. The number of hydrogen-bond donors (Lipinski definition) is 3. The summed E-state index contributed by atoms with van der Waals surface area (Å²) < 4.78 is 0. The van der Waals surface area contributed by atoms with Crippen LogP contribution in [-0.2, 0) is 4.79 Å². The molecule has 0 radical (unpaired) electrons. The van der Waals surface area contributed by atoms with E-state index in [1.54, 1.807) is 0 Å². The van der Waals surface area contributed by atoms with Gasteiger partial charge in [-0.3, -0.25) is 4.79 Å². The molecule has 0 aromatic carbocycles. The number of carbonyl (C=O) groups excluding carboxylic acids is 1. The Morgan fingerprint density at radius 1 is 1.70 bits per heavy atom. The van der Waals surface area contributed by atoms with E-state index >= 15 is 0 Å². The van der Waals surface area contributed by atoms with Gasteiger partial charge < -0.3 is 16.2 Å². The van der Waals surface area contributed by atoms with Crippen molar-refractivity contribution < 1.29 is 9.90 Å². The van der Waals surface area contributed by atoms with Crippen LogP contribution < -0.4 is 11.1 Å². The van der Waals surface area contributed by atoms with Crippen molar-refractivity contribution in [3.05, 3.63) is 0 Å². The van der Waals surface area contributed by atoms with E-state index in [1.807, 2.05) is 0 Å². The van der Waals surface area contributed by atoms with Crippen LogP contribution in [0, 0.1) is 0 Å². The van der Waals surface area contributed by atoms with Crippen molar-refractivity contribution in [1.29, 1.82) is 0 Å². The molecule has 0 aliphatic carbocycles. The predicted molar refractivity (Wildman–Crippen MR) is 38.9 cm³/mol. The molecular weight excluding hydrogens is 156 g/mol. The molecule has 2 atom stereocenters. The lowest BCUT2D eigenvalue weighted by Gasteiger charge is -2.08. The minimum atomic E-state index is -0.581. The maximum Gasteiger partial charge on any atom is 0.237 e. The number of nitrogens with one attached hydrogen (secondary N) is 1. The fourth-order valence-corrected chi connectivity index (χ4v) is 0.980. The van der Waals surface area contributed by atoms with E-state index in [0.29, 0.717) is 13.0 Å². The SMILES string of the molecule is Cl.NC(=O)C1NCCC1O. The summed E-state index contributed by atoms with van der Waals surface area (Å²) >= 11 is 0. The van der Waals surface area contributed by atoms with Crippen LogP contribution in [0.3, 0.4) is 0 Å². The van der Waals surface area contributed by atoms with Crippen molar-refractivity contribution in [2.45, 2.75) is 18.6 Å². The van der Waals surface area contributed by atoms with Crippen molar-refractivity contribution >= 4 is 18.3 Å². The van der Waals surface area contributed by atoms with Gasteiger partial charge in [0, 0.05) is 0 Å². The highest BCUT2D eigenvalue weighted by molar-refractivity contribution is 5.85. The van der Waals surface area contributed by atoms with Gasteiger partial charge in [-0.25, -0.2) is 0 Å². The summed E-state index contributed by atoms with van der Waals surface area (Å²) in [6, 6.07) is -0.523. The highest BCUT2D eigenvalue weighted by Gasteiger charge is 2.28. The number of aliphatic hydroxyl groups excluding tert-OH is 1. The van der Waals surface area contributed by atoms with Gasteiger partial charge in [0.1, 0.15) is 6.04 Å². The van der Waals surface area contributed by atoms with E-state index in [1.165, 1.54) is 0 Å². The first kappa shape index (κ1) is 9.68. The molecule has 1 aliphatic heterocycles. The zero-order valence-corrected chi connectivity index (χ0v) is 6.23. The van der Waals surface area contributed by atoms with Gasteiger partial charge in [-0.05, 0) is 13.0 Å². The van der Waals surface area contributed by atoms with Gasteiger partial charge >= 0.3 is 0 Å². The Morgan fingerprint density at radius 2 is 2.30 bits per heavy atom. The molecule has 1 fully saturated rings. The van der Waals surface area contributed by atoms with Crippen LogP contribution in [0.5, 0.6) is 0 Å². The molecule has 0 saturated carbocycles. The zero-order valence-electron chi connectivity index (χ0n) is 5.41. The quantitative estimate of drug-likeness (QED) is 0.449. The van der Waals surface area contributed by atoms with Crippen molar-refractivity contribution in [2.75, 3.05) is 6.54 Å². The first-order chi connectivity index (χ1) is 4.22. The summed E-state index contributed by atoms with van der Waals surface area (Å²) in [4.78, 5) is 10.4. The first-order valence-corrected chi connectivity index (χ1v) is 2.92. The van der Waals surface area contributed by atoms with Crippen LogP contribution in [0.4, 0.5) is 0 Å². The predicted octanol–water partition coefficient (Wildman–Crippen LogP) is -1.38. The molecule has 1 rings (SSSR count). The lowest BCUT2D eigenvalue weighted by atomic mass is 10.2. The second kappa shape index (κ2) is 3.75. The van der Waals surface area contributed by atoms with Crippen LogP contribution in [0.15, 0.2) is 0 Å². The average Bonchev–Trinajstić information content (AvgIpc) is 2.13. The Labute approximate surface area is 65.2 Å². The van der Waals surface area contributed by atoms with Gasteiger partial charge in [0.2, 0.25) is 5.91 Å². The van der Waals surface area contributed by atoms with Gasteiger partial charge in [-0.15, -0.1) is 12.4 Å². The van der Waals surface area contributed by atoms with Crippen LogP contribution in [0.25, 0.3) is 0 Å². The fourth-order valence-electron chi connectivity index (χ4n) is 0.980. The second-order valence-corrected chi connectivity index (χ2v) is 2.19. The van der Waals surface area contributed by atoms with Gasteiger partial charge in [0.05, 0.1) is 6.10 Å². The van der Waals surface area contributed by atoms with E-state index in [2.05, 4.69) is 5.32 Å². The molecule has 60 valence electrons.